The van der Waals surface area contributed by atoms with E-state index in [0.717, 1.165) is 13.0 Å². The molecule has 1 aliphatic carbocycles. The van der Waals surface area contributed by atoms with Crippen LogP contribution in [-0.2, 0) is 0 Å². The third-order valence-electron chi connectivity index (χ3n) is 4.79. The Labute approximate surface area is 101 Å². The second-order valence-corrected chi connectivity index (χ2v) is 6.45. The number of alkyl halides is 1. The van der Waals surface area contributed by atoms with Gasteiger partial charge in [0.1, 0.15) is 0 Å². The fourth-order valence-corrected chi connectivity index (χ4v) is 3.87. The molecule has 16 heavy (non-hydrogen) atoms. The zero-order valence-electron chi connectivity index (χ0n) is 9.38. The molecule has 5 heteroatoms. The lowest BCUT2D eigenvalue weighted by Crippen LogP contribution is -2.69. The molecule has 0 bridgehead atoms. The molecule has 4 aliphatic rings. The number of nitrogens with one attached hydrogen (secondary N) is 3. The zero-order valence-corrected chi connectivity index (χ0v) is 10.1. The fourth-order valence-electron chi connectivity index (χ4n) is 3.59. The molecule has 3 aliphatic heterocycles. The topological polar surface area (TPSA) is 39.3 Å². The largest absolute Gasteiger partial charge is 0.311 e. The van der Waals surface area contributed by atoms with Crippen molar-refractivity contribution < 1.29 is 0 Å². The number of fused-ring (bicyclic) bond motifs is 3. The number of rotatable bonds is 0. The minimum atomic E-state index is 0.105. The van der Waals surface area contributed by atoms with Gasteiger partial charge < -0.3 is 5.32 Å². The highest BCUT2D eigenvalue weighted by Crippen LogP contribution is 2.52. The van der Waals surface area contributed by atoms with Gasteiger partial charge in [-0.2, -0.15) is 0 Å². The Bertz CT molecular complexity index is 306. The highest BCUT2D eigenvalue weighted by atomic mass is 35.5. The molecule has 4 fully saturated rings. The molecule has 90 valence electrons. The SMILES string of the molecule is ClC1CC2NCC3NCC4(CC4)CC3N2N1. The summed E-state index contributed by atoms with van der Waals surface area (Å²) in [4.78, 5) is 0. The van der Waals surface area contributed by atoms with Gasteiger partial charge in [-0.1, -0.05) is 0 Å². The summed E-state index contributed by atoms with van der Waals surface area (Å²) in [5.74, 6) is 0. The van der Waals surface area contributed by atoms with Crippen molar-refractivity contribution in [3.63, 3.8) is 0 Å². The summed E-state index contributed by atoms with van der Waals surface area (Å²) in [6.07, 6.45) is 5.63. The van der Waals surface area contributed by atoms with Crippen LogP contribution in [0.4, 0.5) is 0 Å². The number of piperidine rings is 1. The van der Waals surface area contributed by atoms with E-state index in [1.807, 2.05) is 0 Å². The number of halogens is 1. The number of hydrogen-bond acceptors (Lipinski definition) is 4. The standard InChI is InChI=1S/C11H19ClN4/c12-9-3-10-13-5-7-8(16(10)15-9)4-11(1-2-11)6-14-7/h7-10,13-15H,1-6H2. The lowest BCUT2D eigenvalue weighted by molar-refractivity contribution is 0.00327. The van der Waals surface area contributed by atoms with Crippen molar-refractivity contribution in [2.24, 2.45) is 5.41 Å². The van der Waals surface area contributed by atoms with Gasteiger partial charge in [0.2, 0.25) is 0 Å². The quantitative estimate of drug-likeness (QED) is 0.419. The average Bonchev–Trinajstić information content (AvgIpc) is 2.89. The molecule has 4 unspecified atom stereocenters. The second-order valence-electron chi connectivity index (χ2n) is 5.92. The Kier molecular flexibility index (Phi) is 2.10. The van der Waals surface area contributed by atoms with E-state index in [4.69, 9.17) is 11.6 Å². The predicted molar refractivity (Wildman–Crippen MR) is 62.9 cm³/mol. The molecule has 0 aromatic rings. The Morgan fingerprint density at radius 3 is 2.94 bits per heavy atom. The van der Waals surface area contributed by atoms with Crippen molar-refractivity contribution >= 4 is 11.6 Å². The molecule has 1 saturated carbocycles. The van der Waals surface area contributed by atoms with E-state index in [-0.39, 0.29) is 5.50 Å². The summed E-state index contributed by atoms with van der Waals surface area (Å²) in [7, 11) is 0. The van der Waals surface area contributed by atoms with Crippen molar-refractivity contribution in [1.82, 2.24) is 21.1 Å². The van der Waals surface area contributed by atoms with Crippen molar-refractivity contribution in [2.45, 2.75) is 49.4 Å². The molecule has 0 aromatic carbocycles. The van der Waals surface area contributed by atoms with Crippen LogP contribution in [0, 0.1) is 5.41 Å². The summed E-state index contributed by atoms with van der Waals surface area (Å²) >= 11 is 6.19. The van der Waals surface area contributed by atoms with E-state index in [1.165, 1.54) is 25.8 Å². The first-order chi connectivity index (χ1) is 7.76. The van der Waals surface area contributed by atoms with Gasteiger partial charge in [-0.15, -0.1) is 11.6 Å². The Hall–Kier alpha value is 0.130. The van der Waals surface area contributed by atoms with Crippen LogP contribution < -0.4 is 16.1 Å². The van der Waals surface area contributed by atoms with Crippen LogP contribution in [0.2, 0.25) is 0 Å². The summed E-state index contributed by atoms with van der Waals surface area (Å²) in [5.41, 5.74) is 4.16. The molecule has 3 heterocycles. The van der Waals surface area contributed by atoms with Gasteiger partial charge in [0.05, 0.1) is 11.7 Å². The highest BCUT2D eigenvalue weighted by Gasteiger charge is 2.53. The average molecular weight is 243 g/mol. The van der Waals surface area contributed by atoms with Crippen molar-refractivity contribution in [3.8, 4) is 0 Å². The summed E-state index contributed by atoms with van der Waals surface area (Å²) in [5, 5.41) is 9.68. The minimum Gasteiger partial charge on any atom is -0.311 e. The molecule has 3 N–H and O–H groups in total. The third kappa shape index (κ3) is 1.44. The van der Waals surface area contributed by atoms with Crippen molar-refractivity contribution in [2.75, 3.05) is 13.1 Å². The summed E-state index contributed by atoms with van der Waals surface area (Å²) < 4.78 is 0. The maximum Gasteiger partial charge on any atom is 0.0982 e. The molecule has 0 aromatic heterocycles. The molecular formula is C11H19ClN4. The van der Waals surface area contributed by atoms with Crippen LogP contribution in [0.25, 0.3) is 0 Å². The lowest BCUT2D eigenvalue weighted by atomic mass is 9.86. The number of hydrogen-bond donors (Lipinski definition) is 3. The zero-order chi connectivity index (χ0) is 10.8. The van der Waals surface area contributed by atoms with Gasteiger partial charge >= 0.3 is 0 Å². The van der Waals surface area contributed by atoms with Gasteiger partial charge in [-0.05, 0) is 24.7 Å². The van der Waals surface area contributed by atoms with Gasteiger partial charge in [0, 0.05) is 31.6 Å². The molecule has 4 atom stereocenters. The molecule has 4 rings (SSSR count). The van der Waals surface area contributed by atoms with E-state index < -0.39 is 0 Å². The minimum absolute atomic E-state index is 0.105. The van der Waals surface area contributed by atoms with E-state index in [2.05, 4.69) is 21.1 Å². The van der Waals surface area contributed by atoms with E-state index in [0.29, 0.717) is 23.7 Å². The number of nitrogens with zero attached hydrogens (tertiary/aromatic N) is 1. The Morgan fingerprint density at radius 1 is 1.25 bits per heavy atom. The maximum atomic E-state index is 6.19. The molecular weight excluding hydrogens is 224 g/mol. The van der Waals surface area contributed by atoms with Crippen LogP contribution in [0.1, 0.15) is 25.7 Å². The third-order valence-corrected chi connectivity index (χ3v) is 5.06. The Balaban J connectivity index is 1.57. The van der Waals surface area contributed by atoms with Gasteiger partial charge in [-0.3, -0.25) is 5.32 Å². The van der Waals surface area contributed by atoms with E-state index in [9.17, 15) is 0 Å². The summed E-state index contributed by atoms with van der Waals surface area (Å²) in [6, 6.07) is 1.23. The Morgan fingerprint density at radius 2 is 2.12 bits per heavy atom. The van der Waals surface area contributed by atoms with Crippen LogP contribution in [-0.4, -0.2) is 41.8 Å². The van der Waals surface area contributed by atoms with Crippen LogP contribution in [0.3, 0.4) is 0 Å². The smallest absolute Gasteiger partial charge is 0.0982 e. The van der Waals surface area contributed by atoms with Crippen LogP contribution in [0.5, 0.6) is 0 Å². The summed E-state index contributed by atoms with van der Waals surface area (Å²) in [6.45, 7) is 2.31. The number of hydrazine groups is 1. The molecule has 0 amide bonds. The molecule has 0 radical (unpaired) electrons. The normalized spacial score (nSPS) is 50.1. The first-order valence-electron chi connectivity index (χ1n) is 6.41. The molecule has 4 nitrogen and oxygen atoms in total. The van der Waals surface area contributed by atoms with Crippen molar-refractivity contribution in [3.05, 3.63) is 0 Å². The lowest BCUT2D eigenvalue weighted by Gasteiger charge is -2.48. The maximum absolute atomic E-state index is 6.19. The second kappa shape index (κ2) is 3.33. The van der Waals surface area contributed by atoms with Gasteiger partial charge in [0.15, 0.2) is 0 Å². The predicted octanol–water partition coefficient (Wildman–Crippen LogP) is 0.202. The van der Waals surface area contributed by atoms with Crippen LogP contribution >= 0.6 is 11.6 Å². The monoisotopic (exact) mass is 242 g/mol. The van der Waals surface area contributed by atoms with Gasteiger partial charge in [0.25, 0.3) is 0 Å². The van der Waals surface area contributed by atoms with E-state index in [1.54, 1.807) is 0 Å². The van der Waals surface area contributed by atoms with Crippen molar-refractivity contribution in [1.29, 1.82) is 0 Å². The van der Waals surface area contributed by atoms with Gasteiger partial charge in [-0.25, -0.2) is 10.4 Å². The van der Waals surface area contributed by atoms with Crippen LogP contribution in [0.15, 0.2) is 0 Å². The highest BCUT2D eigenvalue weighted by molar-refractivity contribution is 6.20. The van der Waals surface area contributed by atoms with E-state index >= 15 is 0 Å². The molecule has 1 spiro atoms. The molecule has 3 saturated heterocycles. The first-order valence-corrected chi connectivity index (χ1v) is 6.85. The fraction of sp³-hybridized carbons (Fsp3) is 1.00. The first kappa shape index (κ1) is 10.1.